The number of nitrogens with one attached hydrogen (secondary N) is 1. The zero-order chi connectivity index (χ0) is 10.6. The molecule has 0 spiro atoms. The van der Waals surface area contributed by atoms with E-state index in [1.807, 2.05) is 6.92 Å². The van der Waals surface area contributed by atoms with Crippen LogP contribution in [-0.4, -0.2) is 23.3 Å². The van der Waals surface area contributed by atoms with E-state index >= 15 is 0 Å². The van der Waals surface area contributed by atoms with E-state index in [1.165, 1.54) is 6.08 Å². The smallest absolute Gasteiger partial charge is 0.259 e. The fraction of sp³-hybridized carbons (Fsp3) is 0.400. The highest BCUT2D eigenvalue weighted by atomic mass is 16.3. The van der Waals surface area contributed by atoms with Gasteiger partial charge in [0.15, 0.2) is 5.78 Å². The minimum absolute atomic E-state index is 0.0140. The van der Waals surface area contributed by atoms with Crippen molar-refractivity contribution in [3.05, 3.63) is 23.5 Å². The van der Waals surface area contributed by atoms with Gasteiger partial charge in [-0.15, -0.1) is 0 Å². The van der Waals surface area contributed by atoms with Crippen molar-refractivity contribution in [2.45, 2.75) is 19.8 Å². The number of allylic oxidation sites excluding steroid dienone is 2. The summed E-state index contributed by atoms with van der Waals surface area (Å²) in [6.45, 7) is 1.99. The van der Waals surface area contributed by atoms with Crippen molar-refractivity contribution >= 4 is 11.7 Å². The molecular weight excluding hydrogens is 182 g/mol. The van der Waals surface area contributed by atoms with E-state index in [0.29, 0.717) is 0 Å². The second kappa shape index (κ2) is 4.60. The highest BCUT2D eigenvalue weighted by Gasteiger charge is 2.28. The van der Waals surface area contributed by atoms with Crippen LogP contribution in [0.25, 0.3) is 0 Å². The minimum atomic E-state index is -0.492. The normalized spacial score (nSPS) is 20.4. The van der Waals surface area contributed by atoms with E-state index in [1.54, 1.807) is 6.08 Å². The molecule has 2 N–H and O–H groups in total. The third kappa shape index (κ3) is 2.22. The van der Waals surface area contributed by atoms with E-state index in [9.17, 15) is 14.7 Å². The van der Waals surface area contributed by atoms with Crippen LogP contribution in [0.2, 0.25) is 0 Å². The summed E-state index contributed by atoms with van der Waals surface area (Å²) in [4.78, 5) is 22.2. The predicted octanol–water partition coefficient (Wildman–Crippen LogP) is 0.854. The lowest BCUT2D eigenvalue weighted by atomic mass is 10.1. The zero-order valence-electron chi connectivity index (χ0n) is 8.04. The van der Waals surface area contributed by atoms with E-state index < -0.39 is 5.91 Å². The minimum Gasteiger partial charge on any atom is -0.507 e. The summed E-state index contributed by atoms with van der Waals surface area (Å²) in [6.07, 6.45) is 4.91. The summed E-state index contributed by atoms with van der Waals surface area (Å²) in [5.74, 6) is -1.08. The lowest BCUT2D eigenvalue weighted by molar-refractivity contribution is -0.117. The number of carbonyl (C=O) groups excluding carboxylic acids is 2. The lowest BCUT2D eigenvalue weighted by Gasteiger charge is -1.94. The summed E-state index contributed by atoms with van der Waals surface area (Å²) >= 11 is 0. The Morgan fingerprint density at radius 1 is 1.57 bits per heavy atom. The number of aliphatic hydroxyl groups is 1. The lowest BCUT2D eigenvalue weighted by Crippen LogP contribution is -2.14. The molecule has 1 aliphatic heterocycles. The molecule has 0 atom stereocenters. The van der Waals surface area contributed by atoms with Gasteiger partial charge in [0, 0.05) is 0 Å². The molecule has 0 aliphatic carbocycles. The molecule has 0 saturated carbocycles. The Morgan fingerprint density at radius 2 is 2.29 bits per heavy atom. The molecule has 0 unspecified atom stereocenters. The van der Waals surface area contributed by atoms with Crippen LogP contribution in [0, 0.1) is 0 Å². The summed E-state index contributed by atoms with van der Waals surface area (Å²) in [6, 6.07) is 0. The van der Waals surface area contributed by atoms with Crippen molar-refractivity contribution in [1.82, 2.24) is 5.32 Å². The van der Waals surface area contributed by atoms with Crippen molar-refractivity contribution in [3.63, 3.8) is 0 Å². The first-order valence-corrected chi connectivity index (χ1v) is 4.58. The third-order valence-electron chi connectivity index (χ3n) is 1.90. The number of carbonyl (C=O) groups is 2. The van der Waals surface area contributed by atoms with Crippen LogP contribution in [0.4, 0.5) is 0 Å². The molecule has 1 saturated heterocycles. The molecule has 1 aliphatic rings. The van der Waals surface area contributed by atoms with Crippen LogP contribution in [0.15, 0.2) is 23.5 Å². The van der Waals surface area contributed by atoms with Crippen molar-refractivity contribution in [3.8, 4) is 0 Å². The largest absolute Gasteiger partial charge is 0.507 e. The van der Waals surface area contributed by atoms with E-state index in [4.69, 9.17) is 0 Å². The standard InChI is InChI=1S/C10H13NO3/c1-2-3-4-5-7(12)9-8(13)6-11-10(9)14/h4-5,12H,2-3,6H2,1H3,(H,11,14)/b5-4+,9-7+. The first kappa shape index (κ1) is 10.5. The molecule has 1 fully saturated rings. The summed E-state index contributed by atoms with van der Waals surface area (Å²) in [5.41, 5.74) is -0.127. The fourth-order valence-electron chi connectivity index (χ4n) is 1.17. The van der Waals surface area contributed by atoms with Crippen LogP contribution >= 0.6 is 0 Å². The van der Waals surface area contributed by atoms with Gasteiger partial charge in [0.2, 0.25) is 0 Å². The third-order valence-corrected chi connectivity index (χ3v) is 1.90. The van der Waals surface area contributed by atoms with E-state index in [-0.39, 0.29) is 23.7 Å². The Morgan fingerprint density at radius 3 is 2.79 bits per heavy atom. The van der Waals surface area contributed by atoms with Crippen molar-refractivity contribution in [2.75, 3.05) is 6.54 Å². The molecule has 0 bridgehead atoms. The number of Topliss-reactive ketones (excluding diaryl/α,β-unsaturated/α-hetero) is 1. The predicted molar refractivity (Wildman–Crippen MR) is 51.7 cm³/mol. The Kier molecular flexibility index (Phi) is 3.45. The average molecular weight is 195 g/mol. The average Bonchev–Trinajstić information content (AvgIpc) is 2.46. The van der Waals surface area contributed by atoms with Gasteiger partial charge in [-0.2, -0.15) is 0 Å². The number of hydrogen-bond donors (Lipinski definition) is 2. The van der Waals surface area contributed by atoms with Crippen LogP contribution in [0.1, 0.15) is 19.8 Å². The molecule has 0 aromatic carbocycles. The Hall–Kier alpha value is -1.58. The summed E-state index contributed by atoms with van der Waals surface area (Å²) in [7, 11) is 0. The molecule has 1 amide bonds. The Labute approximate surface area is 82.3 Å². The number of rotatable bonds is 3. The van der Waals surface area contributed by atoms with Gasteiger partial charge in [-0.25, -0.2) is 0 Å². The van der Waals surface area contributed by atoms with Crippen LogP contribution in [0.5, 0.6) is 0 Å². The fourth-order valence-corrected chi connectivity index (χ4v) is 1.17. The maximum atomic E-state index is 11.1. The Bertz CT molecular complexity index is 297. The van der Waals surface area contributed by atoms with Gasteiger partial charge in [0.25, 0.3) is 5.91 Å². The van der Waals surface area contributed by atoms with Crippen molar-refractivity contribution < 1.29 is 14.7 Å². The number of aliphatic hydroxyl groups excluding tert-OH is 1. The van der Waals surface area contributed by atoms with Crippen molar-refractivity contribution in [1.29, 1.82) is 0 Å². The molecule has 0 aromatic heterocycles. The molecule has 14 heavy (non-hydrogen) atoms. The number of amides is 1. The molecule has 4 nitrogen and oxygen atoms in total. The topological polar surface area (TPSA) is 66.4 Å². The molecule has 1 rings (SSSR count). The molecule has 76 valence electrons. The molecule has 0 aromatic rings. The van der Waals surface area contributed by atoms with Gasteiger partial charge < -0.3 is 10.4 Å². The molecule has 4 heteroatoms. The van der Waals surface area contributed by atoms with E-state index in [2.05, 4.69) is 5.32 Å². The Balaban J connectivity index is 2.81. The van der Waals surface area contributed by atoms with Gasteiger partial charge in [0.05, 0.1) is 6.54 Å². The molecular formula is C10H13NO3. The maximum Gasteiger partial charge on any atom is 0.259 e. The first-order valence-electron chi connectivity index (χ1n) is 4.58. The van der Waals surface area contributed by atoms with Gasteiger partial charge >= 0.3 is 0 Å². The number of ketones is 1. The highest BCUT2D eigenvalue weighted by Crippen LogP contribution is 2.10. The highest BCUT2D eigenvalue weighted by molar-refractivity contribution is 6.25. The van der Waals surface area contributed by atoms with Crippen LogP contribution in [-0.2, 0) is 9.59 Å². The molecule has 0 radical (unpaired) electrons. The summed E-state index contributed by atoms with van der Waals surface area (Å²) < 4.78 is 0. The quantitative estimate of drug-likeness (QED) is 0.398. The van der Waals surface area contributed by atoms with Gasteiger partial charge in [-0.3, -0.25) is 9.59 Å². The second-order valence-corrected chi connectivity index (χ2v) is 3.06. The number of hydrogen-bond acceptors (Lipinski definition) is 3. The van der Waals surface area contributed by atoms with Gasteiger partial charge in [-0.1, -0.05) is 19.4 Å². The van der Waals surface area contributed by atoms with Gasteiger partial charge in [-0.05, 0) is 12.5 Å². The second-order valence-electron chi connectivity index (χ2n) is 3.06. The SMILES string of the molecule is CCC/C=C/C(O)=C1/C(=O)CNC1=O. The first-order chi connectivity index (χ1) is 6.66. The molecule has 1 heterocycles. The zero-order valence-corrected chi connectivity index (χ0v) is 8.04. The summed E-state index contributed by atoms with van der Waals surface area (Å²) in [5, 5.41) is 11.8. The van der Waals surface area contributed by atoms with Crippen molar-refractivity contribution in [2.24, 2.45) is 0 Å². The monoisotopic (exact) mass is 195 g/mol. The maximum absolute atomic E-state index is 11.1. The van der Waals surface area contributed by atoms with Crippen LogP contribution in [0.3, 0.4) is 0 Å². The van der Waals surface area contributed by atoms with E-state index in [0.717, 1.165) is 12.8 Å². The number of unbranched alkanes of at least 4 members (excludes halogenated alkanes) is 1. The van der Waals surface area contributed by atoms with Gasteiger partial charge in [0.1, 0.15) is 11.3 Å². The van der Waals surface area contributed by atoms with Crippen LogP contribution < -0.4 is 5.32 Å².